The molecular formula is C32H28F2N6O5. The first-order chi connectivity index (χ1) is 21.5. The number of anilines is 2. The molecule has 1 aromatic heterocycles. The number of alkyl halides is 2. The molecule has 1 atom stereocenters. The van der Waals surface area contributed by atoms with Crippen LogP contribution in [0.25, 0.3) is 0 Å². The molecule has 0 unspecified atom stereocenters. The Hall–Kier alpha value is -5.77. The van der Waals surface area contributed by atoms with Gasteiger partial charge in [-0.2, -0.15) is 19.1 Å². The molecule has 230 valence electrons. The topological polar surface area (TPSA) is 141 Å². The summed E-state index contributed by atoms with van der Waals surface area (Å²) < 4.78 is 37.2. The monoisotopic (exact) mass is 614 g/mol. The Morgan fingerprint density at radius 3 is 2.49 bits per heavy atom. The standard InChI is InChI=1S/C32H28F2N6O5/c1-20-19-39-28(30(42)40(20)25-11-9-24(10-12-25)32(33,34)23-6-4-3-5-7-23)26(18-36-39)37-29(41)21-8-13-27(22(16-21)17-35)45-15-14-38(2)31(43)44/h3-13,16,18,20H,14-15,19H2,1-2H3,(H,37,41)(H,43,44)/t20-/m0/s1. The maximum atomic E-state index is 15.1. The quantitative estimate of drug-likeness (QED) is 0.265. The van der Waals surface area contributed by atoms with Crippen molar-refractivity contribution in [2.24, 2.45) is 0 Å². The zero-order valence-electron chi connectivity index (χ0n) is 24.3. The zero-order valence-corrected chi connectivity index (χ0v) is 24.3. The first-order valence-corrected chi connectivity index (χ1v) is 13.9. The van der Waals surface area contributed by atoms with E-state index in [4.69, 9.17) is 9.84 Å². The number of benzene rings is 3. The van der Waals surface area contributed by atoms with Gasteiger partial charge in [0.2, 0.25) is 0 Å². The van der Waals surface area contributed by atoms with Crippen LogP contribution in [0.15, 0.2) is 79.0 Å². The van der Waals surface area contributed by atoms with Crippen molar-refractivity contribution >= 4 is 29.3 Å². The molecule has 0 aliphatic carbocycles. The van der Waals surface area contributed by atoms with Gasteiger partial charge in [-0.3, -0.25) is 14.3 Å². The van der Waals surface area contributed by atoms with Crippen LogP contribution in [0.1, 0.15) is 44.5 Å². The predicted octanol–water partition coefficient (Wildman–Crippen LogP) is 5.18. The Balaban J connectivity index is 1.32. The second kappa shape index (κ2) is 12.5. The van der Waals surface area contributed by atoms with Crippen LogP contribution in [0.2, 0.25) is 0 Å². The summed E-state index contributed by atoms with van der Waals surface area (Å²) in [5.74, 6) is -4.12. The SMILES string of the molecule is C[C@H]1Cn2ncc(NC(=O)c3ccc(OCCN(C)C(=O)O)c(C#N)c3)c2C(=O)N1c1ccc(C(F)(F)c2ccccc2)cc1. The molecule has 4 aromatic rings. The number of ether oxygens (including phenoxy) is 1. The van der Waals surface area contributed by atoms with Crippen LogP contribution in [0.5, 0.6) is 5.75 Å². The van der Waals surface area contributed by atoms with Crippen LogP contribution in [-0.2, 0) is 12.5 Å². The number of carbonyl (C=O) groups excluding carboxylic acids is 2. The summed E-state index contributed by atoms with van der Waals surface area (Å²) >= 11 is 0. The molecule has 1 aliphatic heterocycles. The Bertz CT molecular complexity index is 1790. The second-order valence-electron chi connectivity index (χ2n) is 10.4. The maximum absolute atomic E-state index is 15.1. The number of nitrogens with zero attached hydrogens (tertiary/aromatic N) is 5. The van der Waals surface area contributed by atoms with Gasteiger partial charge < -0.3 is 25.0 Å². The lowest BCUT2D eigenvalue weighted by molar-refractivity contribution is 0.0428. The van der Waals surface area contributed by atoms with Crippen molar-refractivity contribution in [2.45, 2.75) is 25.4 Å². The maximum Gasteiger partial charge on any atom is 0.407 e. The Kier molecular flexibility index (Phi) is 8.49. The third-order valence-electron chi connectivity index (χ3n) is 7.40. The molecule has 0 fully saturated rings. The van der Waals surface area contributed by atoms with Crippen LogP contribution < -0.4 is 15.0 Å². The molecule has 0 bridgehead atoms. The van der Waals surface area contributed by atoms with E-state index in [1.165, 1.54) is 77.4 Å². The van der Waals surface area contributed by atoms with Gasteiger partial charge in [-0.15, -0.1) is 0 Å². The third-order valence-corrected chi connectivity index (χ3v) is 7.40. The number of likely N-dealkylation sites (N-methyl/N-ethyl adjacent to an activating group) is 1. The molecule has 11 nitrogen and oxygen atoms in total. The van der Waals surface area contributed by atoms with E-state index < -0.39 is 23.8 Å². The average Bonchev–Trinajstić information content (AvgIpc) is 3.43. The molecule has 13 heteroatoms. The van der Waals surface area contributed by atoms with E-state index >= 15 is 8.78 Å². The number of halogens is 2. The fraction of sp³-hybridized carbons (Fsp3) is 0.219. The fourth-order valence-corrected chi connectivity index (χ4v) is 4.97. The molecule has 0 radical (unpaired) electrons. The summed E-state index contributed by atoms with van der Waals surface area (Å²) in [6, 6.07) is 18.8. The molecular weight excluding hydrogens is 586 g/mol. The van der Waals surface area contributed by atoms with Crippen molar-refractivity contribution in [3.63, 3.8) is 0 Å². The number of aromatic nitrogens is 2. The van der Waals surface area contributed by atoms with Gasteiger partial charge in [-0.05, 0) is 37.3 Å². The van der Waals surface area contributed by atoms with Crippen molar-refractivity contribution in [3.05, 3.63) is 107 Å². The summed E-state index contributed by atoms with van der Waals surface area (Å²) in [4.78, 5) is 40.3. The van der Waals surface area contributed by atoms with Gasteiger partial charge >= 0.3 is 6.09 Å². The number of rotatable bonds is 9. The van der Waals surface area contributed by atoms with Gasteiger partial charge in [-0.1, -0.05) is 42.5 Å². The highest BCUT2D eigenvalue weighted by Crippen LogP contribution is 2.37. The van der Waals surface area contributed by atoms with Crippen LogP contribution in [0, 0.1) is 11.3 Å². The molecule has 5 rings (SSSR count). The summed E-state index contributed by atoms with van der Waals surface area (Å²) in [6.45, 7) is 2.17. The Labute approximate surface area is 256 Å². The molecule has 2 N–H and O–H groups in total. The van der Waals surface area contributed by atoms with Crippen LogP contribution in [0.3, 0.4) is 0 Å². The molecule has 3 amide bonds. The van der Waals surface area contributed by atoms with Crippen molar-refractivity contribution in [1.82, 2.24) is 14.7 Å². The van der Waals surface area contributed by atoms with Crippen molar-refractivity contribution < 1.29 is 33.0 Å². The highest BCUT2D eigenvalue weighted by Gasteiger charge is 2.37. The largest absolute Gasteiger partial charge is 0.490 e. The highest BCUT2D eigenvalue weighted by atomic mass is 19.3. The number of carboxylic acid groups (broad SMARTS) is 1. The van der Waals surface area contributed by atoms with Crippen molar-refractivity contribution in [2.75, 3.05) is 30.4 Å². The van der Waals surface area contributed by atoms with E-state index in [2.05, 4.69) is 10.4 Å². The van der Waals surface area contributed by atoms with Crippen LogP contribution in [-0.4, -0.2) is 63.9 Å². The van der Waals surface area contributed by atoms with E-state index in [1.54, 1.807) is 25.1 Å². The molecule has 0 spiro atoms. The molecule has 0 saturated carbocycles. The number of nitrogens with one attached hydrogen (secondary N) is 1. The van der Waals surface area contributed by atoms with E-state index in [-0.39, 0.29) is 58.6 Å². The van der Waals surface area contributed by atoms with E-state index in [0.717, 1.165) is 4.90 Å². The number of carbonyl (C=O) groups is 3. The van der Waals surface area contributed by atoms with E-state index in [0.29, 0.717) is 12.2 Å². The smallest absolute Gasteiger partial charge is 0.407 e. The van der Waals surface area contributed by atoms with Gasteiger partial charge in [-0.25, -0.2) is 4.79 Å². The molecule has 3 aromatic carbocycles. The summed E-state index contributed by atoms with van der Waals surface area (Å²) in [5, 5.41) is 25.5. The summed E-state index contributed by atoms with van der Waals surface area (Å²) in [5.41, 5.74) is 0.492. The third kappa shape index (κ3) is 6.16. The fourth-order valence-electron chi connectivity index (χ4n) is 4.97. The normalized spacial score (nSPS) is 14.3. The Morgan fingerprint density at radius 2 is 1.82 bits per heavy atom. The first kappa shape index (κ1) is 30.7. The summed E-state index contributed by atoms with van der Waals surface area (Å²) in [7, 11) is 1.38. The van der Waals surface area contributed by atoms with E-state index in [9.17, 15) is 19.6 Å². The number of hydrogen-bond donors (Lipinski definition) is 2. The zero-order chi connectivity index (χ0) is 32.3. The van der Waals surface area contributed by atoms with Gasteiger partial charge in [0.25, 0.3) is 17.7 Å². The van der Waals surface area contributed by atoms with Crippen molar-refractivity contribution in [3.8, 4) is 11.8 Å². The first-order valence-electron chi connectivity index (χ1n) is 13.9. The highest BCUT2D eigenvalue weighted by molar-refractivity contribution is 6.13. The number of amides is 3. The molecule has 45 heavy (non-hydrogen) atoms. The second-order valence-corrected chi connectivity index (χ2v) is 10.4. The van der Waals surface area contributed by atoms with Crippen LogP contribution in [0.4, 0.5) is 25.0 Å². The van der Waals surface area contributed by atoms with Gasteiger partial charge in [0, 0.05) is 29.4 Å². The predicted molar refractivity (Wildman–Crippen MR) is 160 cm³/mol. The molecule has 2 heterocycles. The average molecular weight is 615 g/mol. The molecule has 0 saturated heterocycles. The minimum absolute atomic E-state index is 0.000777. The lowest BCUT2D eigenvalue weighted by Gasteiger charge is -2.34. The minimum Gasteiger partial charge on any atom is -0.490 e. The number of fused-ring (bicyclic) bond motifs is 1. The van der Waals surface area contributed by atoms with Gasteiger partial charge in [0.15, 0.2) is 0 Å². The van der Waals surface area contributed by atoms with E-state index in [1.807, 2.05) is 6.07 Å². The Morgan fingerprint density at radius 1 is 1.13 bits per heavy atom. The van der Waals surface area contributed by atoms with Crippen molar-refractivity contribution in [1.29, 1.82) is 5.26 Å². The number of nitriles is 1. The minimum atomic E-state index is -3.22. The lowest BCUT2D eigenvalue weighted by Crippen LogP contribution is -2.47. The number of hydrogen-bond acceptors (Lipinski definition) is 6. The summed E-state index contributed by atoms with van der Waals surface area (Å²) in [6.07, 6.45) is 0.234. The van der Waals surface area contributed by atoms with Crippen LogP contribution >= 0.6 is 0 Å². The molecule has 1 aliphatic rings. The van der Waals surface area contributed by atoms with Gasteiger partial charge in [0.1, 0.15) is 24.1 Å². The van der Waals surface area contributed by atoms with Gasteiger partial charge in [0.05, 0.1) is 36.6 Å². The lowest BCUT2D eigenvalue weighted by atomic mass is 9.99.